The molecule has 1 aromatic carbocycles. The third-order valence-electron chi connectivity index (χ3n) is 5.64. The second-order valence-electron chi connectivity index (χ2n) is 7.81. The van der Waals surface area contributed by atoms with E-state index in [9.17, 15) is 10.2 Å². The Hall–Kier alpha value is -3.25. The van der Waals surface area contributed by atoms with Crippen LogP contribution in [-0.4, -0.2) is 71.1 Å². The van der Waals surface area contributed by atoms with Gasteiger partial charge in [-0.1, -0.05) is 12.1 Å². The van der Waals surface area contributed by atoms with Gasteiger partial charge >= 0.3 is 0 Å². The maximum Gasteiger partial charge on any atom is 0.167 e. The number of thioether (sulfide) groups is 1. The Labute approximate surface area is 199 Å². The average molecular weight is 481 g/mol. The first-order valence-corrected chi connectivity index (χ1v) is 11.9. The van der Waals surface area contributed by atoms with Crippen LogP contribution in [0.4, 0.5) is 5.82 Å². The third-order valence-corrected chi connectivity index (χ3v) is 6.66. The van der Waals surface area contributed by atoms with Crippen LogP contribution in [-0.2, 0) is 4.74 Å². The fraction of sp³-hybridized carbons (Fsp3) is 0.304. The first-order valence-electron chi connectivity index (χ1n) is 10.8. The summed E-state index contributed by atoms with van der Waals surface area (Å²) in [6.45, 7) is 0.510. The van der Waals surface area contributed by atoms with Gasteiger partial charge in [0.1, 0.15) is 29.8 Å². The topological polar surface area (TPSA) is 141 Å². The molecule has 1 saturated heterocycles. The number of ether oxygens (including phenoxy) is 2. The molecule has 0 radical (unpaired) electrons. The molecular weight excluding hydrogens is 456 g/mol. The van der Waals surface area contributed by atoms with Gasteiger partial charge < -0.3 is 25.4 Å². The van der Waals surface area contributed by atoms with Gasteiger partial charge in [-0.2, -0.15) is 11.8 Å². The zero-order chi connectivity index (χ0) is 23.5. The molecule has 4 atom stereocenters. The summed E-state index contributed by atoms with van der Waals surface area (Å²) in [5.41, 5.74) is 8.91. The summed E-state index contributed by atoms with van der Waals surface area (Å²) in [6, 6.07) is 11.8. The van der Waals surface area contributed by atoms with Crippen molar-refractivity contribution in [3.63, 3.8) is 0 Å². The molecule has 10 nitrogen and oxygen atoms in total. The molecule has 1 fully saturated rings. The van der Waals surface area contributed by atoms with E-state index in [2.05, 4.69) is 19.9 Å². The van der Waals surface area contributed by atoms with Crippen molar-refractivity contribution in [2.45, 2.75) is 24.5 Å². The molecule has 4 N–H and O–H groups in total. The van der Waals surface area contributed by atoms with Crippen LogP contribution in [0.5, 0.6) is 5.75 Å². The standard InChI is InChI=1S/C23H24N6O4S/c24-21-18-22(27-12-26-21)29(13-28-18)23-20(31)19(30)17(33-23)11-34-10-9-32-16-3-1-14(2-4-16)15-5-7-25-8-6-15/h1-8,12-13,17,19-20,23,30-31H,9-11H2,(H2,24,26,27)/t17-,19-,20-,23-/m1/s1. The molecule has 3 aromatic heterocycles. The fourth-order valence-corrected chi connectivity index (χ4v) is 4.73. The number of aliphatic hydroxyl groups excluding tert-OH is 2. The van der Waals surface area contributed by atoms with Crippen LogP contribution in [0.25, 0.3) is 22.3 Å². The van der Waals surface area contributed by atoms with E-state index in [1.165, 1.54) is 12.7 Å². The summed E-state index contributed by atoms with van der Waals surface area (Å²) in [5.74, 6) is 2.25. The molecule has 5 rings (SSSR count). The van der Waals surface area contributed by atoms with Crippen LogP contribution < -0.4 is 10.5 Å². The molecule has 1 aliphatic heterocycles. The van der Waals surface area contributed by atoms with Crippen LogP contribution in [0.3, 0.4) is 0 Å². The number of pyridine rings is 1. The van der Waals surface area contributed by atoms with Crippen LogP contribution in [0.1, 0.15) is 6.23 Å². The molecule has 34 heavy (non-hydrogen) atoms. The summed E-state index contributed by atoms with van der Waals surface area (Å²) in [6.07, 6.45) is 2.85. The minimum absolute atomic E-state index is 0.246. The van der Waals surface area contributed by atoms with Gasteiger partial charge in [0.05, 0.1) is 19.0 Å². The van der Waals surface area contributed by atoms with Crippen LogP contribution in [0, 0.1) is 0 Å². The summed E-state index contributed by atoms with van der Waals surface area (Å²) < 4.78 is 13.4. The SMILES string of the molecule is Nc1ncnc2c1ncn2[C@@H]1O[C@H](CSCCOc2ccc(-c3ccncc3)cc2)[C@@H](O)[C@H]1O. The number of hydrogen-bond acceptors (Lipinski definition) is 10. The first-order chi connectivity index (χ1) is 16.6. The smallest absolute Gasteiger partial charge is 0.167 e. The van der Waals surface area contributed by atoms with E-state index in [0.717, 1.165) is 16.9 Å². The Morgan fingerprint density at radius 1 is 1.00 bits per heavy atom. The maximum absolute atomic E-state index is 10.5. The van der Waals surface area contributed by atoms with Crippen molar-refractivity contribution in [1.29, 1.82) is 0 Å². The van der Waals surface area contributed by atoms with Crippen LogP contribution >= 0.6 is 11.8 Å². The van der Waals surface area contributed by atoms with Crippen molar-refractivity contribution in [3.8, 4) is 16.9 Å². The highest BCUT2D eigenvalue weighted by Crippen LogP contribution is 2.33. The van der Waals surface area contributed by atoms with E-state index >= 15 is 0 Å². The number of benzene rings is 1. The van der Waals surface area contributed by atoms with Gasteiger partial charge in [-0.3, -0.25) is 9.55 Å². The predicted octanol–water partition coefficient (Wildman–Crippen LogP) is 1.90. The van der Waals surface area contributed by atoms with E-state index in [4.69, 9.17) is 15.2 Å². The Morgan fingerprint density at radius 2 is 1.76 bits per heavy atom. The maximum atomic E-state index is 10.5. The molecule has 11 heteroatoms. The molecule has 0 saturated carbocycles. The van der Waals surface area contributed by atoms with Gasteiger partial charge in [-0.15, -0.1) is 0 Å². The second-order valence-corrected chi connectivity index (χ2v) is 8.96. The number of imidazole rings is 1. The molecular formula is C23H24N6O4S. The number of hydrogen-bond donors (Lipinski definition) is 3. The van der Waals surface area contributed by atoms with Gasteiger partial charge in [0, 0.05) is 23.9 Å². The van der Waals surface area contributed by atoms with E-state index in [0.29, 0.717) is 29.3 Å². The lowest BCUT2D eigenvalue weighted by molar-refractivity contribution is -0.0289. The van der Waals surface area contributed by atoms with E-state index in [1.807, 2.05) is 36.4 Å². The molecule has 176 valence electrons. The average Bonchev–Trinajstić information content (AvgIpc) is 3.42. The van der Waals surface area contributed by atoms with Crippen molar-refractivity contribution in [3.05, 3.63) is 61.4 Å². The van der Waals surface area contributed by atoms with E-state index in [-0.39, 0.29) is 5.82 Å². The molecule has 0 amide bonds. The van der Waals surface area contributed by atoms with Crippen molar-refractivity contribution in [2.75, 3.05) is 23.8 Å². The van der Waals surface area contributed by atoms with Gasteiger partial charge in [0.2, 0.25) is 0 Å². The lowest BCUT2D eigenvalue weighted by Gasteiger charge is -2.16. The van der Waals surface area contributed by atoms with Crippen LogP contribution in [0.15, 0.2) is 61.4 Å². The molecule has 0 bridgehead atoms. The molecule has 1 aliphatic rings. The predicted molar refractivity (Wildman–Crippen MR) is 128 cm³/mol. The minimum atomic E-state index is -1.12. The van der Waals surface area contributed by atoms with Crippen molar-refractivity contribution in [2.24, 2.45) is 0 Å². The summed E-state index contributed by atoms with van der Waals surface area (Å²) in [4.78, 5) is 16.3. The van der Waals surface area contributed by atoms with Gasteiger partial charge in [0.15, 0.2) is 17.7 Å². The largest absolute Gasteiger partial charge is 0.493 e. The Balaban J connectivity index is 1.11. The summed E-state index contributed by atoms with van der Waals surface area (Å²) >= 11 is 1.58. The van der Waals surface area contributed by atoms with Gasteiger partial charge in [0.25, 0.3) is 0 Å². The highest BCUT2D eigenvalue weighted by atomic mass is 32.2. The lowest BCUT2D eigenvalue weighted by atomic mass is 10.1. The monoisotopic (exact) mass is 480 g/mol. The van der Waals surface area contributed by atoms with Crippen molar-refractivity contribution >= 4 is 28.7 Å². The normalized spacial score (nSPS) is 22.3. The van der Waals surface area contributed by atoms with E-state index in [1.54, 1.807) is 28.7 Å². The van der Waals surface area contributed by atoms with Crippen LogP contribution in [0.2, 0.25) is 0 Å². The minimum Gasteiger partial charge on any atom is -0.493 e. The highest BCUT2D eigenvalue weighted by Gasteiger charge is 2.44. The number of aromatic nitrogens is 5. The Kier molecular flexibility index (Phi) is 6.59. The summed E-state index contributed by atoms with van der Waals surface area (Å²) in [7, 11) is 0. The number of rotatable bonds is 8. The number of anilines is 1. The third kappa shape index (κ3) is 4.55. The number of aliphatic hydroxyl groups is 2. The lowest BCUT2D eigenvalue weighted by Crippen LogP contribution is -2.32. The Morgan fingerprint density at radius 3 is 2.56 bits per heavy atom. The quantitative estimate of drug-likeness (QED) is 0.320. The highest BCUT2D eigenvalue weighted by molar-refractivity contribution is 7.99. The number of nitrogen functional groups attached to an aromatic ring is 1. The molecule has 0 spiro atoms. The molecule has 0 unspecified atom stereocenters. The van der Waals surface area contributed by atoms with Gasteiger partial charge in [-0.05, 0) is 35.4 Å². The van der Waals surface area contributed by atoms with Crippen molar-refractivity contribution < 1.29 is 19.7 Å². The molecule has 0 aliphatic carbocycles. The molecule has 4 aromatic rings. The zero-order valence-corrected chi connectivity index (χ0v) is 19.0. The van der Waals surface area contributed by atoms with E-state index < -0.39 is 24.5 Å². The molecule has 4 heterocycles. The zero-order valence-electron chi connectivity index (χ0n) is 18.1. The second kappa shape index (κ2) is 9.94. The Bertz CT molecular complexity index is 1240. The fourth-order valence-electron chi connectivity index (χ4n) is 3.86. The number of nitrogens with two attached hydrogens (primary N) is 1. The number of fused-ring (bicyclic) bond motifs is 1. The first kappa shape index (κ1) is 22.5. The number of nitrogens with zero attached hydrogens (tertiary/aromatic N) is 5. The van der Waals surface area contributed by atoms with Crippen molar-refractivity contribution in [1.82, 2.24) is 24.5 Å². The van der Waals surface area contributed by atoms with Gasteiger partial charge in [-0.25, -0.2) is 15.0 Å². The summed E-state index contributed by atoms with van der Waals surface area (Å²) in [5, 5.41) is 21.0.